The van der Waals surface area contributed by atoms with Crippen molar-refractivity contribution in [2.45, 2.75) is 20.3 Å². The summed E-state index contributed by atoms with van der Waals surface area (Å²) in [6.45, 7) is 3.27. The van der Waals surface area contributed by atoms with Crippen LogP contribution in [0.5, 0.6) is 0 Å². The standard InChI is InChI=1S/C18H17ClF2N2O2/c1-11-14(19)4-3-5-17(11)23(12(2)24)9-8-18(25)22-16-7-6-13(20)10-15(16)21/h3-7,10H,8-9H2,1-2H3,(H,22,25). The molecule has 2 rings (SSSR count). The fraction of sp³-hybridized carbons (Fsp3) is 0.222. The van der Waals surface area contributed by atoms with E-state index < -0.39 is 17.5 Å². The lowest BCUT2D eigenvalue weighted by Gasteiger charge is -2.23. The molecule has 0 fully saturated rings. The summed E-state index contributed by atoms with van der Waals surface area (Å²) in [6.07, 6.45) is -0.0532. The summed E-state index contributed by atoms with van der Waals surface area (Å²) in [6, 6.07) is 8.05. The summed E-state index contributed by atoms with van der Waals surface area (Å²) in [5, 5.41) is 2.88. The first kappa shape index (κ1) is 18.9. The molecule has 25 heavy (non-hydrogen) atoms. The molecule has 0 atom stereocenters. The van der Waals surface area contributed by atoms with E-state index in [1.54, 1.807) is 25.1 Å². The number of carbonyl (C=O) groups is 2. The van der Waals surface area contributed by atoms with Gasteiger partial charge in [0.15, 0.2) is 0 Å². The van der Waals surface area contributed by atoms with Gasteiger partial charge in [-0.3, -0.25) is 9.59 Å². The second-order valence-electron chi connectivity index (χ2n) is 5.48. The summed E-state index contributed by atoms with van der Waals surface area (Å²) in [5.74, 6) is -2.32. The minimum Gasteiger partial charge on any atom is -0.324 e. The Morgan fingerprint density at radius 1 is 1.20 bits per heavy atom. The maximum Gasteiger partial charge on any atom is 0.226 e. The first-order chi connectivity index (χ1) is 11.8. The molecular weight excluding hydrogens is 350 g/mol. The quantitative estimate of drug-likeness (QED) is 0.857. The fourth-order valence-electron chi connectivity index (χ4n) is 2.35. The molecule has 0 heterocycles. The molecular formula is C18H17ClF2N2O2. The number of carbonyl (C=O) groups excluding carboxylic acids is 2. The third-order valence-electron chi connectivity index (χ3n) is 3.68. The Morgan fingerprint density at radius 3 is 2.56 bits per heavy atom. The molecule has 0 aliphatic heterocycles. The molecule has 2 aromatic carbocycles. The first-order valence-corrected chi connectivity index (χ1v) is 7.95. The Balaban J connectivity index is 2.07. The van der Waals surface area contributed by atoms with Crippen molar-refractivity contribution in [3.05, 3.63) is 58.6 Å². The molecule has 0 saturated carbocycles. The Labute approximate surface area is 149 Å². The van der Waals surface area contributed by atoms with Gasteiger partial charge in [0.1, 0.15) is 11.6 Å². The zero-order valence-corrected chi connectivity index (χ0v) is 14.5. The molecule has 2 aromatic rings. The van der Waals surface area contributed by atoms with Crippen molar-refractivity contribution < 1.29 is 18.4 Å². The van der Waals surface area contributed by atoms with Crippen LogP contribution in [-0.2, 0) is 9.59 Å². The van der Waals surface area contributed by atoms with Gasteiger partial charge in [0.2, 0.25) is 11.8 Å². The van der Waals surface area contributed by atoms with E-state index in [2.05, 4.69) is 5.32 Å². The third-order valence-corrected chi connectivity index (χ3v) is 4.09. The van der Waals surface area contributed by atoms with Crippen LogP contribution < -0.4 is 10.2 Å². The lowest BCUT2D eigenvalue weighted by atomic mass is 10.1. The Morgan fingerprint density at radius 2 is 1.92 bits per heavy atom. The summed E-state index contributed by atoms with van der Waals surface area (Å²) >= 11 is 6.07. The molecule has 0 aliphatic carbocycles. The fourth-order valence-corrected chi connectivity index (χ4v) is 2.52. The van der Waals surface area contributed by atoms with Crippen LogP contribution in [-0.4, -0.2) is 18.4 Å². The highest BCUT2D eigenvalue weighted by molar-refractivity contribution is 6.31. The molecule has 1 N–H and O–H groups in total. The van der Waals surface area contributed by atoms with E-state index in [0.717, 1.165) is 17.7 Å². The molecule has 0 radical (unpaired) electrons. The highest BCUT2D eigenvalue weighted by Crippen LogP contribution is 2.27. The molecule has 0 bridgehead atoms. The van der Waals surface area contributed by atoms with Gasteiger partial charge in [-0.05, 0) is 36.8 Å². The van der Waals surface area contributed by atoms with Crippen LogP contribution in [0.25, 0.3) is 0 Å². The highest BCUT2D eigenvalue weighted by Gasteiger charge is 2.17. The number of rotatable bonds is 5. The Kier molecular flexibility index (Phi) is 6.09. The van der Waals surface area contributed by atoms with Gasteiger partial charge in [0, 0.05) is 36.7 Å². The van der Waals surface area contributed by atoms with Crippen molar-refractivity contribution >= 4 is 34.8 Å². The summed E-state index contributed by atoms with van der Waals surface area (Å²) in [4.78, 5) is 25.4. The SMILES string of the molecule is CC(=O)N(CCC(=O)Nc1ccc(F)cc1F)c1cccc(Cl)c1C. The van der Waals surface area contributed by atoms with Crippen LogP contribution in [0, 0.1) is 18.6 Å². The van der Waals surface area contributed by atoms with Gasteiger partial charge in [0.25, 0.3) is 0 Å². The van der Waals surface area contributed by atoms with Crippen LogP contribution >= 0.6 is 11.6 Å². The highest BCUT2D eigenvalue weighted by atomic mass is 35.5. The van der Waals surface area contributed by atoms with Gasteiger partial charge in [-0.15, -0.1) is 0 Å². The van der Waals surface area contributed by atoms with E-state index >= 15 is 0 Å². The monoisotopic (exact) mass is 366 g/mol. The van der Waals surface area contributed by atoms with Crippen LogP contribution in [0.3, 0.4) is 0 Å². The molecule has 132 valence electrons. The summed E-state index contributed by atoms with van der Waals surface area (Å²) in [5.41, 5.74) is 1.23. The van der Waals surface area contributed by atoms with E-state index in [1.165, 1.54) is 11.8 Å². The van der Waals surface area contributed by atoms with Crippen molar-refractivity contribution in [1.82, 2.24) is 0 Å². The average Bonchev–Trinajstić information content (AvgIpc) is 2.54. The smallest absolute Gasteiger partial charge is 0.226 e. The second-order valence-corrected chi connectivity index (χ2v) is 5.88. The third kappa shape index (κ3) is 4.76. The van der Waals surface area contributed by atoms with Crippen LogP contribution in [0.15, 0.2) is 36.4 Å². The Bertz CT molecular complexity index is 812. The molecule has 0 aliphatic rings. The van der Waals surface area contributed by atoms with Crippen LogP contribution in [0.2, 0.25) is 5.02 Å². The summed E-state index contributed by atoms with van der Waals surface area (Å²) in [7, 11) is 0. The van der Waals surface area contributed by atoms with Crippen LogP contribution in [0.4, 0.5) is 20.2 Å². The maximum absolute atomic E-state index is 13.6. The van der Waals surface area contributed by atoms with Gasteiger partial charge < -0.3 is 10.2 Å². The van der Waals surface area contributed by atoms with Crippen LogP contribution in [0.1, 0.15) is 18.9 Å². The van der Waals surface area contributed by atoms with E-state index in [9.17, 15) is 18.4 Å². The minimum absolute atomic E-state index is 0.0532. The lowest BCUT2D eigenvalue weighted by Crippen LogP contribution is -2.32. The largest absolute Gasteiger partial charge is 0.324 e. The van der Waals surface area contributed by atoms with E-state index in [-0.39, 0.29) is 24.6 Å². The minimum atomic E-state index is -0.859. The number of anilines is 2. The zero-order valence-electron chi connectivity index (χ0n) is 13.8. The summed E-state index contributed by atoms with van der Waals surface area (Å²) < 4.78 is 26.4. The van der Waals surface area contributed by atoms with Gasteiger partial charge in [-0.25, -0.2) is 8.78 Å². The van der Waals surface area contributed by atoms with Crippen molar-refractivity contribution in [1.29, 1.82) is 0 Å². The van der Waals surface area contributed by atoms with Crippen molar-refractivity contribution in [3.8, 4) is 0 Å². The number of benzene rings is 2. The number of nitrogens with one attached hydrogen (secondary N) is 1. The topological polar surface area (TPSA) is 49.4 Å². The molecule has 0 unspecified atom stereocenters. The van der Waals surface area contributed by atoms with E-state index in [4.69, 9.17) is 11.6 Å². The Hall–Kier alpha value is -2.47. The zero-order chi connectivity index (χ0) is 18.6. The second kappa shape index (κ2) is 8.07. The molecule has 0 aromatic heterocycles. The van der Waals surface area contributed by atoms with Gasteiger partial charge in [-0.1, -0.05) is 17.7 Å². The number of hydrogen-bond donors (Lipinski definition) is 1. The normalized spacial score (nSPS) is 10.4. The molecule has 4 nitrogen and oxygen atoms in total. The van der Waals surface area contributed by atoms with E-state index in [0.29, 0.717) is 16.8 Å². The number of amides is 2. The molecule has 0 saturated heterocycles. The number of hydrogen-bond acceptors (Lipinski definition) is 2. The van der Waals surface area contributed by atoms with Gasteiger partial charge in [0.05, 0.1) is 5.69 Å². The number of halogens is 3. The van der Waals surface area contributed by atoms with Crippen molar-refractivity contribution in [2.75, 3.05) is 16.8 Å². The van der Waals surface area contributed by atoms with E-state index in [1.807, 2.05) is 0 Å². The number of nitrogens with zero attached hydrogens (tertiary/aromatic N) is 1. The maximum atomic E-state index is 13.6. The predicted molar refractivity (Wildman–Crippen MR) is 93.8 cm³/mol. The molecule has 0 spiro atoms. The van der Waals surface area contributed by atoms with Gasteiger partial charge in [-0.2, -0.15) is 0 Å². The van der Waals surface area contributed by atoms with Crippen molar-refractivity contribution in [3.63, 3.8) is 0 Å². The molecule has 2 amide bonds. The predicted octanol–water partition coefficient (Wildman–Crippen LogP) is 4.31. The van der Waals surface area contributed by atoms with Crippen molar-refractivity contribution in [2.24, 2.45) is 0 Å². The molecule has 7 heteroatoms. The average molecular weight is 367 g/mol. The first-order valence-electron chi connectivity index (χ1n) is 7.57. The van der Waals surface area contributed by atoms with Gasteiger partial charge >= 0.3 is 0 Å². The lowest BCUT2D eigenvalue weighted by molar-refractivity contribution is -0.117.